The monoisotopic (exact) mass is 92.1 g/mol. The summed E-state index contributed by atoms with van der Waals surface area (Å²) in [5.41, 5.74) is 5.79. The summed E-state index contributed by atoms with van der Waals surface area (Å²) in [7, 11) is 0. The molecule has 0 aromatic heterocycles. The maximum Gasteiger partial charge on any atom is 0.0109 e. The van der Waals surface area contributed by atoms with E-state index in [1.54, 1.807) is 0 Å². The molecule has 0 aromatic rings. The first-order valence-electron chi connectivity index (χ1n) is 2.61. The van der Waals surface area contributed by atoms with Gasteiger partial charge in [0.1, 0.15) is 0 Å². The minimum absolute atomic E-state index is 0.625. The van der Waals surface area contributed by atoms with Crippen molar-refractivity contribution < 1.29 is 0 Å². The Morgan fingerprint density at radius 3 is 2.29 bits per heavy atom. The fourth-order valence-corrected chi connectivity index (χ4v) is 0.594. The van der Waals surface area contributed by atoms with Crippen LogP contribution in [0.15, 0.2) is 23.6 Å². The largest absolute Gasteiger partial charge is 0.0743 e. The maximum absolute atomic E-state index is 2.89. The molecule has 1 rings (SSSR count). The fourth-order valence-electron chi connectivity index (χ4n) is 0.594. The van der Waals surface area contributed by atoms with E-state index in [0.717, 1.165) is 0 Å². The molecule has 0 bridgehead atoms. The first-order valence-corrected chi connectivity index (χ1v) is 2.61. The van der Waals surface area contributed by atoms with Crippen LogP contribution < -0.4 is 0 Å². The lowest BCUT2D eigenvalue weighted by Crippen LogP contribution is -1.81. The van der Waals surface area contributed by atoms with Gasteiger partial charge in [-0.15, -0.1) is 0 Å². The molecule has 0 saturated carbocycles. The molecule has 1 aliphatic rings. The molecule has 36 valence electrons. The van der Waals surface area contributed by atoms with Gasteiger partial charge in [0.25, 0.3) is 0 Å². The van der Waals surface area contributed by atoms with E-state index in [-0.39, 0.29) is 0 Å². The third-order valence-corrected chi connectivity index (χ3v) is 1.15. The standard InChI is InChI=1S/C7H8/c1-2-7-5-3-4-6-7/h5-7H,2H2,1H3. The van der Waals surface area contributed by atoms with Crippen LogP contribution in [0.3, 0.4) is 0 Å². The van der Waals surface area contributed by atoms with Crippen molar-refractivity contribution in [2.45, 2.75) is 13.3 Å². The van der Waals surface area contributed by atoms with Crippen molar-refractivity contribution in [1.29, 1.82) is 0 Å². The SMILES string of the molecule is CCC1C=C=C=C1. The Morgan fingerprint density at radius 2 is 2.00 bits per heavy atom. The Hall–Kier alpha value is -0.700. The molecule has 0 atom stereocenters. The molecule has 0 spiro atoms. The molecule has 0 aliphatic heterocycles. The average molecular weight is 92.1 g/mol. The zero-order chi connectivity index (χ0) is 5.11. The van der Waals surface area contributed by atoms with Crippen LogP contribution in [-0.2, 0) is 0 Å². The Morgan fingerprint density at radius 1 is 1.43 bits per heavy atom. The van der Waals surface area contributed by atoms with Crippen LogP contribution in [0.1, 0.15) is 13.3 Å². The normalized spacial score (nSPS) is 16.7. The van der Waals surface area contributed by atoms with E-state index in [9.17, 15) is 0 Å². The highest BCUT2D eigenvalue weighted by Gasteiger charge is 1.95. The summed E-state index contributed by atoms with van der Waals surface area (Å²) in [5, 5.41) is 0. The molecule has 0 heterocycles. The minimum atomic E-state index is 0.625. The molecular weight excluding hydrogens is 84.1 g/mol. The van der Waals surface area contributed by atoms with Crippen molar-refractivity contribution in [1.82, 2.24) is 0 Å². The Labute approximate surface area is 43.9 Å². The molecule has 0 fully saturated rings. The van der Waals surface area contributed by atoms with Gasteiger partial charge in [0.05, 0.1) is 0 Å². The van der Waals surface area contributed by atoms with Crippen LogP contribution in [0.4, 0.5) is 0 Å². The van der Waals surface area contributed by atoms with Crippen LogP contribution in [0, 0.1) is 5.92 Å². The summed E-state index contributed by atoms with van der Waals surface area (Å²) in [5.74, 6) is 0.625. The van der Waals surface area contributed by atoms with E-state index < -0.39 is 0 Å². The Balaban J connectivity index is 2.59. The molecule has 0 heteroatoms. The fraction of sp³-hybridized carbons (Fsp3) is 0.429. The smallest absolute Gasteiger partial charge is 0.0109 e. The summed E-state index contributed by atoms with van der Waals surface area (Å²) in [6, 6.07) is 0. The highest BCUT2D eigenvalue weighted by atomic mass is 14.0. The van der Waals surface area contributed by atoms with E-state index in [4.69, 9.17) is 0 Å². The number of rotatable bonds is 1. The van der Waals surface area contributed by atoms with Crippen molar-refractivity contribution in [3.63, 3.8) is 0 Å². The molecule has 0 nitrogen and oxygen atoms in total. The highest BCUT2D eigenvalue weighted by molar-refractivity contribution is 5.05. The van der Waals surface area contributed by atoms with Gasteiger partial charge in [-0.1, -0.05) is 18.4 Å². The third-order valence-electron chi connectivity index (χ3n) is 1.15. The predicted molar refractivity (Wildman–Crippen MR) is 29.9 cm³/mol. The molecular formula is C7H8. The molecule has 0 unspecified atom stereocenters. The average Bonchev–Trinajstić information content (AvgIpc) is 2.14. The van der Waals surface area contributed by atoms with Crippen LogP contribution in [0.2, 0.25) is 0 Å². The van der Waals surface area contributed by atoms with E-state index in [2.05, 4.69) is 18.4 Å². The molecule has 7 heavy (non-hydrogen) atoms. The van der Waals surface area contributed by atoms with Crippen LogP contribution in [0.5, 0.6) is 0 Å². The lowest BCUT2D eigenvalue weighted by Gasteiger charge is -1.92. The second-order valence-electron chi connectivity index (χ2n) is 1.69. The summed E-state index contributed by atoms with van der Waals surface area (Å²) >= 11 is 0. The van der Waals surface area contributed by atoms with Crippen molar-refractivity contribution in [2.75, 3.05) is 0 Å². The molecule has 0 N–H and O–H groups in total. The van der Waals surface area contributed by atoms with E-state index >= 15 is 0 Å². The van der Waals surface area contributed by atoms with Crippen molar-refractivity contribution in [3.05, 3.63) is 23.6 Å². The third kappa shape index (κ3) is 0.838. The Kier molecular flexibility index (Phi) is 1.17. The Bertz CT molecular complexity index is 125. The molecule has 0 saturated heterocycles. The zero-order valence-electron chi connectivity index (χ0n) is 4.44. The molecule has 0 aromatic carbocycles. The topological polar surface area (TPSA) is 0 Å². The molecule has 0 radical (unpaired) electrons. The first-order chi connectivity index (χ1) is 3.43. The summed E-state index contributed by atoms with van der Waals surface area (Å²) in [6.45, 7) is 2.16. The summed E-state index contributed by atoms with van der Waals surface area (Å²) in [6.07, 6.45) is 5.26. The number of hydrogen-bond donors (Lipinski definition) is 0. The van der Waals surface area contributed by atoms with E-state index in [0.29, 0.717) is 5.92 Å². The molecule has 1 aliphatic carbocycles. The van der Waals surface area contributed by atoms with Crippen molar-refractivity contribution in [3.8, 4) is 0 Å². The van der Waals surface area contributed by atoms with Crippen LogP contribution in [-0.4, -0.2) is 0 Å². The maximum atomic E-state index is 2.89. The summed E-state index contributed by atoms with van der Waals surface area (Å²) < 4.78 is 0. The van der Waals surface area contributed by atoms with E-state index in [1.807, 2.05) is 12.2 Å². The number of hydrogen-bond acceptors (Lipinski definition) is 0. The van der Waals surface area contributed by atoms with Gasteiger partial charge in [-0.3, -0.25) is 0 Å². The second kappa shape index (κ2) is 1.84. The van der Waals surface area contributed by atoms with Gasteiger partial charge in [0.15, 0.2) is 0 Å². The quantitative estimate of drug-likeness (QED) is 0.433. The van der Waals surface area contributed by atoms with Gasteiger partial charge >= 0.3 is 0 Å². The van der Waals surface area contributed by atoms with Gasteiger partial charge in [0, 0.05) is 5.92 Å². The minimum Gasteiger partial charge on any atom is -0.0743 e. The van der Waals surface area contributed by atoms with Crippen molar-refractivity contribution in [2.24, 2.45) is 5.92 Å². The van der Waals surface area contributed by atoms with Gasteiger partial charge in [-0.2, -0.15) is 0 Å². The van der Waals surface area contributed by atoms with E-state index in [1.165, 1.54) is 6.42 Å². The van der Waals surface area contributed by atoms with Gasteiger partial charge < -0.3 is 0 Å². The van der Waals surface area contributed by atoms with Gasteiger partial charge in [0.2, 0.25) is 0 Å². The van der Waals surface area contributed by atoms with Gasteiger partial charge in [-0.05, 0) is 18.6 Å². The lowest BCUT2D eigenvalue weighted by atomic mass is 10.1. The van der Waals surface area contributed by atoms with Crippen molar-refractivity contribution >= 4 is 0 Å². The highest BCUT2D eigenvalue weighted by Crippen LogP contribution is 2.06. The first kappa shape index (κ1) is 4.46. The van der Waals surface area contributed by atoms with Crippen LogP contribution in [0.25, 0.3) is 0 Å². The summed E-state index contributed by atoms with van der Waals surface area (Å²) in [4.78, 5) is 0. The molecule has 0 amide bonds. The van der Waals surface area contributed by atoms with Gasteiger partial charge in [-0.25, -0.2) is 0 Å². The number of allylic oxidation sites excluding steroid dienone is 2. The predicted octanol–water partition coefficient (Wildman–Crippen LogP) is 1.89. The van der Waals surface area contributed by atoms with Crippen LogP contribution >= 0.6 is 0 Å². The zero-order valence-corrected chi connectivity index (χ0v) is 4.44. The lowest BCUT2D eigenvalue weighted by molar-refractivity contribution is 0.783. The second-order valence-corrected chi connectivity index (χ2v) is 1.69.